The van der Waals surface area contributed by atoms with E-state index in [0.717, 1.165) is 5.82 Å². The Morgan fingerprint density at radius 3 is 2.50 bits per heavy atom. The van der Waals surface area contributed by atoms with Crippen LogP contribution in [0.25, 0.3) is 0 Å². The molecular formula is C9H11LiN4O2. The summed E-state index contributed by atoms with van der Waals surface area (Å²) in [4.78, 5) is 21.8. The molecule has 7 heteroatoms. The number of aromatic nitrogens is 2. The summed E-state index contributed by atoms with van der Waals surface area (Å²) in [5.41, 5.74) is 0. The van der Waals surface area contributed by atoms with Crippen molar-refractivity contribution >= 4 is 11.9 Å². The van der Waals surface area contributed by atoms with E-state index in [0.29, 0.717) is 26.2 Å². The number of hydrogen-bond acceptors (Lipinski definition) is 5. The fourth-order valence-corrected chi connectivity index (χ4v) is 1.59. The van der Waals surface area contributed by atoms with Gasteiger partial charge in [0.05, 0.1) is 0 Å². The quantitative estimate of drug-likeness (QED) is 0.445. The molecule has 0 bridgehead atoms. The van der Waals surface area contributed by atoms with Crippen LogP contribution < -0.4 is 28.9 Å². The number of piperazine rings is 1. The number of rotatable bonds is 1. The molecule has 6 nitrogen and oxygen atoms in total. The van der Waals surface area contributed by atoms with Gasteiger partial charge in [0, 0.05) is 32.4 Å². The molecule has 0 atom stereocenters. The summed E-state index contributed by atoms with van der Waals surface area (Å²) in [6.45, 7) is 2.22. The third-order valence-electron chi connectivity index (χ3n) is 2.43. The van der Waals surface area contributed by atoms with Gasteiger partial charge in [0.1, 0.15) is 18.2 Å². The number of carbonyl (C=O) groups excluding carboxylic acids is 1. The Bertz CT molecular complexity index is 341. The number of nitrogens with zero attached hydrogens (tertiary/aromatic N) is 4. The fraction of sp³-hybridized carbons (Fsp3) is 0.444. The van der Waals surface area contributed by atoms with E-state index < -0.39 is 6.09 Å². The number of anilines is 1. The third-order valence-corrected chi connectivity index (χ3v) is 2.43. The molecule has 2 heterocycles. The molecule has 1 aliphatic heterocycles. The zero-order valence-electron chi connectivity index (χ0n) is 9.17. The summed E-state index contributed by atoms with van der Waals surface area (Å²) in [7, 11) is 0. The van der Waals surface area contributed by atoms with E-state index in [2.05, 4.69) is 9.97 Å². The summed E-state index contributed by atoms with van der Waals surface area (Å²) < 4.78 is 0. The summed E-state index contributed by atoms with van der Waals surface area (Å²) in [6.07, 6.45) is 2.06. The van der Waals surface area contributed by atoms with Gasteiger partial charge < -0.3 is 19.7 Å². The van der Waals surface area contributed by atoms with Crippen LogP contribution in [0.1, 0.15) is 0 Å². The minimum atomic E-state index is -1.10. The molecule has 0 saturated carbocycles. The van der Waals surface area contributed by atoms with Crippen molar-refractivity contribution in [3.8, 4) is 0 Å². The van der Waals surface area contributed by atoms with Crippen molar-refractivity contribution < 1.29 is 28.8 Å². The first-order valence-electron chi connectivity index (χ1n) is 4.74. The van der Waals surface area contributed by atoms with Gasteiger partial charge in [-0.25, -0.2) is 9.97 Å². The molecule has 1 aromatic rings. The molecule has 1 aromatic heterocycles. The monoisotopic (exact) mass is 214 g/mol. The van der Waals surface area contributed by atoms with Gasteiger partial charge in [0.2, 0.25) is 0 Å². The Morgan fingerprint density at radius 1 is 1.31 bits per heavy atom. The molecule has 80 valence electrons. The van der Waals surface area contributed by atoms with Gasteiger partial charge in [-0.05, 0) is 6.07 Å². The van der Waals surface area contributed by atoms with Crippen molar-refractivity contribution in [3.63, 3.8) is 0 Å². The first-order chi connectivity index (χ1) is 7.27. The van der Waals surface area contributed by atoms with Crippen molar-refractivity contribution in [1.29, 1.82) is 0 Å². The number of carbonyl (C=O) groups is 1. The van der Waals surface area contributed by atoms with Crippen LogP contribution in [-0.4, -0.2) is 47.1 Å². The molecule has 0 spiro atoms. The van der Waals surface area contributed by atoms with E-state index in [1.807, 2.05) is 11.0 Å². The maximum atomic E-state index is 10.6. The van der Waals surface area contributed by atoms with Gasteiger partial charge in [0.25, 0.3) is 0 Å². The van der Waals surface area contributed by atoms with E-state index in [-0.39, 0.29) is 18.9 Å². The van der Waals surface area contributed by atoms with E-state index in [9.17, 15) is 9.90 Å². The average Bonchev–Trinajstić information content (AvgIpc) is 2.30. The molecule has 1 aliphatic rings. The number of hydrogen-bond donors (Lipinski definition) is 0. The predicted octanol–water partition coefficient (Wildman–Crippen LogP) is -4.05. The van der Waals surface area contributed by atoms with Crippen molar-refractivity contribution in [3.05, 3.63) is 18.6 Å². The van der Waals surface area contributed by atoms with Crippen LogP contribution in [0.4, 0.5) is 10.6 Å². The normalized spacial score (nSPS) is 15.5. The maximum Gasteiger partial charge on any atom is 1.00 e. The van der Waals surface area contributed by atoms with E-state index in [1.165, 1.54) is 11.2 Å². The van der Waals surface area contributed by atoms with Crippen LogP contribution in [0.15, 0.2) is 18.6 Å². The fourth-order valence-electron chi connectivity index (χ4n) is 1.59. The van der Waals surface area contributed by atoms with Gasteiger partial charge in [-0.2, -0.15) is 0 Å². The Kier molecular flexibility index (Phi) is 4.59. The van der Waals surface area contributed by atoms with Crippen LogP contribution in [0.3, 0.4) is 0 Å². The van der Waals surface area contributed by atoms with Crippen LogP contribution in [-0.2, 0) is 0 Å². The molecule has 16 heavy (non-hydrogen) atoms. The van der Waals surface area contributed by atoms with Crippen LogP contribution in [0.2, 0.25) is 0 Å². The van der Waals surface area contributed by atoms with Gasteiger partial charge >= 0.3 is 18.9 Å². The van der Waals surface area contributed by atoms with Crippen molar-refractivity contribution in [1.82, 2.24) is 14.9 Å². The van der Waals surface area contributed by atoms with Gasteiger partial charge in [-0.1, -0.05) is 0 Å². The summed E-state index contributed by atoms with van der Waals surface area (Å²) in [5.74, 6) is 0.836. The van der Waals surface area contributed by atoms with E-state index in [1.54, 1.807) is 6.20 Å². The summed E-state index contributed by atoms with van der Waals surface area (Å²) >= 11 is 0. The number of carboxylic acid groups (broad SMARTS) is 1. The zero-order chi connectivity index (χ0) is 10.7. The van der Waals surface area contributed by atoms with Crippen LogP contribution >= 0.6 is 0 Å². The maximum absolute atomic E-state index is 10.6. The van der Waals surface area contributed by atoms with Crippen LogP contribution in [0.5, 0.6) is 0 Å². The second-order valence-corrected chi connectivity index (χ2v) is 3.31. The Hall–Kier alpha value is -1.25. The molecular weight excluding hydrogens is 203 g/mol. The smallest absolute Gasteiger partial charge is 0.530 e. The minimum Gasteiger partial charge on any atom is -0.530 e. The first-order valence-corrected chi connectivity index (χ1v) is 4.74. The SMILES string of the molecule is O=C([O-])N1CCN(c2ccncn2)CC1.[Li+]. The van der Waals surface area contributed by atoms with Gasteiger partial charge in [0.15, 0.2) is 0 Å². The van der Waals surface area contributed by atoms with E-state index in [4.69, 9.17) is 0 Å². The molecule has 1 saturated heterocycles. The minimum absolute atomic E-state index is 0. The van der Waals surface area contributed by atoms with Gasteiger partial charge in [-0.15, -0.1) is 0 Å². The average molecular weight is 214 g/mol. The standard InChI is InChI=1S/C9H12N4O2.Li/c14-9(15)13-5-3-12(4-6-13)8-1-2-10-7-11-8;/h1-2,7H,3-6H2,(H,14,15);/q;+1/p-1. The molecule has 1 amide bonds. The zero-order valence-corrected chi connectivity index (χ0v) is 9.17. The van der Waals surface area contributed by atoms with E-state index >= 15 is 0 Å². The third kappa shape index (κ3) is 2.87. The molecule has 0 aliphatic carbocycles. The largest absolute Gasteiger partial charge is 1.00 e. The Morgan fingerprint density at radius 2 is 2.00 bits per heavy atom. The number of amides is 1. The van der Waals surface area contributed by atoms with Gasteiger partial charge in [-0.3, -0.25) is 0 Å². The Labute approximate surface area is 105 Å². The Balaban J connectivity index is 0.00000128. The molecule has 0 N–H and O–H groups in total. The molecule has 0 aromatic carbocycles. The van der Waals surface area contributed by atoms with Crippen molar-refractivity contribution in [2.24, 2.45) is 0 Å². The van der Waals surface area contributed by atoms with Crippen LogP contribution in [0, 0.1) is 0 Å². The first kappa shape index (κ1) is 12.8. The topological polar surface area (TPSA) is 72.4 Å². The summed E-state index contributed by atoms with van der Waals surface area (Å²) in [5, 5.41) is 10.6. The molecule has 2 rings (SSSR count). The molecule has 0 radical (unpaired) electrons. The predicted molar refractivity (Wildman–Crippen MR) is 51.2 cm³/mol. The molecule has 0 unspecified atom stereocenters. The summed E-state index contributed by atoms with van der Waals surface area (Å²) in [6, 6.07) is 1.81. The second kappa shape index (κ2) is 5.73. The second-order valence-electron chi connectivity index (χ2n) is 3.31. The van der Waals surface area contributed by atoms with Crippen molar-refractivity contribution in [2.45, 2.75) is 0 Å². The van der Waals surface area contributed by atoms with Crippen molar-refractivity contribution in [2.75, 3.05) is 31.1 Å². The molecule has 1 fully saturated rings.